The number of nitrogens with zero attached hydrogens (tertiary/aromatic N) is 3. The summed E-state index contributed by atoms with van der Waals surface area (Å²) in [5, 5.41) is 8.25. The summed E-state index contributed by atoms with van der Waals surface area (Å²) in [5.74, 6) is 7.20. The second kappa shape index (κ2) is 6.93. The van der Waals surface area contributed by atoms with Gasteiger partial charge in [-0.1, -0.05) is 0 Å². The molecule has 0 atom stereocenters. The number of ether oxygens (including phenoxy) is 2. The predicted molar refractivity (Wildman–Crippen MR) is 91.6 cm³/mol. The summed E-state index contributed by atoms with van der Waals surface area (Å²) in [6, 6.07) is 15.1. The number of hydrogen-bond donors (Lipinski definition) is 2. The molecule has 0 spiro atoms. The first-order chi connectivity index (χ1) is 11.7. The third kappa shape index (κ3) is 3.11. The number of hydrogen-bond acceptors (Lipinski definition) is 7. The topological polar surface area (TPSA) is 95.2 Å². The molecule has 2 aromatic carbocycles. The van der Waals surface area contributed by atoms with E-state index in [2.05, 4.69) is 20.6 Å². The molecule has 0 fully saturated rings. The molecule has 3 N–H and O–H groups in total. The fourth-order valence-corrected chi connectivity index (χ4v) is 2.28. The number of nitrogen functional groups attached to an aromatic ring is 1. The van der Waals surface area contributed by atoms with E-state index in [1.165, 1.54) is 0 Å². The molecule has 0 bridgehead atoms. The molecule has 0 aliphatic rings. The minimum absolute atomic E-state index is 0.248. The monoisotopic (exact) mass is 323 g/mol. The van der Waals surface area contributed by atoms with Gasteiger partial charge in [0.25, 0.3) is 5.95 Å². The van der Waals surface area contributed by atoms with Crippen LogP contribution in [0.2, 0.25) is 0 Å². The van der Waals surface area contributed by atoms with Gasteiger partial charge in [-0.3, -0.25) is 5.43 Å². The highest BCUT2D eigenvalue weighted by molar-refractivity contribution is 5.78. The Labute approximate surface area is 139 Å². The number of methoxy groups -OCH3 is 2. The number of hydrazine groups is 1. The average Bonchev–Trinajstić information content (AvgIpc) is 2.67. The largest absolute Gasteiger partial charge is 0.497 e. The molecule has 24 heavy (non-hydrogen) atoms. The van der Waals surface area contributed by atoms with E-state index in [1.54, 1.807) is 14.2 Å². The minimum Gasteiger partial charge on any atom is -0.497 e. The summed E-state index contributed by atoms with van der Waals surface area (Å²) >= 11 is 0. The standard InChI is InChI=1S/C17H17N5O2/c1-23-13-7-3-11(4-8-13)15-16(21-22-17(19-15)20-18)12-5-9-14(24-2)10-6-12/h3-10H,18H2,1-2H3,(H,19,20,22). The number of aromatic nitrogens is 3. The van der Waals surface area contributed by atoms with Crippen LogP contribution in [0, 0.1) is 0 Å². The Bertz CT molecular complexity index is 819. The van der Waals surface area contributed by atoms with Crippen LogP contribution in [-0.4, -0.2) is 29.4 Å². The van der Waals surface area contributed by atoms with Crippen LogP contribution in [-0.2, 0) is 0 Å². The van der Waals surface area contributed by atoms with Gasteiger partial charge in [-0.15, -0.1) is 10.2 Å². The molecule has 0 aliphatic heterocycles. The molecule has 0 saturated carbocycles. The second-order valence-electron chi connectivity index (χ2n) is 4.93. The highest BCUT2D eigenvalue weighted by atomic mass is 16.5. The van der Waals surface area contributed by atoms with Crippen molar-refractivity contribution in [2.24, 2.45) is 5.84 Å². The van der Waals surface area contributed by atoms with E-state index in [4.69, 9.17) is 15.3 Å². The van der Waals surface area contributed by atoms with E-state index < -0.39 is 0 Å². The summed E-state index contributed by atoms with van der Waals surface area (Å²) in [6.07, 6.45) is 0. The molecule has 0 aliphatic carbocycles. The molecule has 1 aromatic heterocycles. The normalized spacial score (nSPS) is 10.3. The van der Waals surface area contributed by atoms with E-state index in [0.29, 0.717) is 11.4 Å². The molecule has 3 rings (SSSR count). The molecule has 0 amide bonds. The van der Waals surface area contributed by atoms with Crippen LogP contribution >= 0.6 is 0 Å². The van der Waals surface area contributed by atoms with Crippen molar-refractivity contribution in [1.82, 2.24) is 15.2 Å². The quantitative estimate of drug-likeness (QED) is 0.550. The first-order valence-corrected chi connectivity index (χ1v) is 7.25. The van der Waals surface area contributed by atoms with Crippen LogP contribution in [0.3, 0.4) is 0 Å². The number of nitrogens with two attached hydrogens (primary N) is 1. The molecule has 0 unspecified atom stereocenters. The maximum Gasteiger partial charge on any atom is 0.257 e. The fraction of sp³-hybridized carbons (Fsp3) is 0.118. The lowest BCUT2D eigenvalue weighted by Gasteiger charge is -2.10. The lowest BCUT2D eigenvalue weighted by Crippen LogP contribution is -2.12. The van der Waals surface area contributed by atoms with Crippen LogP contribution in [0.4, 0.5) is 5.95 Å². The number of rotatable bonds is 5. The zero-order chi connectivity index (χ0) is 16.9. The Morgan fingerprint density at radius 1 is 0.750 bits per heavy atom. The van der Waals surface area contributed by atoms with Gasteiger partial charge in [-0.2, -0.15) is 0 Å². The first kappa shape index (κ1) is 15.7. The Hall–Kier alpha value is -3.19. The number of anilines is 1. The predicted octanol–water partition coefficient (Wildman–Crippen LogP) is 2.51. The smallest absolute Gasteiger partial charge is 0.257 e. The van der Waals surface area contributed by atoms with Gasteiger partial charge >= 0.3 is 0 Å². The Morgan fingerprint density at radius 3 is 1.71 bits per heavy atom. The lowest BCUT2D eigenvalue weighted by atomic mass is 10.0. The maximum atomic E-state index is 5.42. The molecule has 1 heterocycles. The van der Waals surface area contributed by atoms with E-state index >= 15 is 0 Å². The van der Waals surface area contributed by atoms with E-state index in [0.717, 1.165) is 22.6 Å². The summed E-state index contributed by atoms with van der Waals surface area (Å²) in [6.45, 7) is 0. The van der Waals surface area contributed by atoms with Gasteiger partial charge in [0.1, 0.15) is 22.9 Å². The molecule has 0 saturated heterocycles. The summed E-state index contributed by atoms with van der Waals surface area (Å²) < 4.78 is 10.4. The van der Waals surface area contributed by atoms with Crippen molar-refractivity contribution in [3.8, 4) is 34.0 Å². The second-order valence-corrected chi connectivity index (χ2v) is 4.93. The van der Waals surface area contributed by atoms with E-state index in [-0.39, 0.29) is 5.95 Å². The van der Waals surface area contributed by atoms with Crippen LogP contribution < -0.4 is 20.7 Å². The number of nitrogens with one attached hydrogen (secondary N) is 1. The van der Waals surface area contributed by atoms with Crippen LogP contribution in [0.5, 0.6) is 11.5 Å². The zero-order valence-electron chi connectivity index (χ0n) is 13.4. The van der Waals surface area contributed by atoms with Crippen molar-refractivity contribution < 1.29 is 9.47 Å². The van der Waals surface area contributed by atoms with Crippen molar-refractivity contribution in [3.63, 3.8) is 0 Å². The summed E-state index contributed by atoms with van der Waals surface area (Å²) in [4.78, 5) is 4.45. The Kier molecular flexibility index (Phi) is 4.53. The van der Waals surface area contributed by atoms with Gasteiger partial charge in [-0.05, 0) is 48.5 Å². The van der Waals surface area contributed by atoms with Crippen molar-refractivity contribution >= 4 is 5.95 Å². The third-order valence-corrected chi connectivity index (χ3v) is 3.54. The van der Waals surface area contributed by atoms with Gasteiger partial charge < -0.3 is 9.47 Å². The number of benzene rings is 2. The van der Waals surface area contributed by atoms with Crippen molar-refractivity contribution in [2.45, 2.75) is 0 Å². The van der Waals surface area contributed by atoms with Crippen LogP contribution in [0.1, 0.15) is 0 Å². The molecule has 3 aromatic rings. The van der Waals surface area contributed by atoms with E-state index in [9.17, 15) is 0 Å². The molecule has 0 radical (unpaired) electrons. The lowest BCUT2D eigenvalue weighted by molar-refractivity contribution is 0.414. The molecular formula is C17H17N5O2. The Morgan fingerprint density at radius 2 is 1.25 bits per heavy atom. The fourth-order valence-electron chi connectivity index (χ4n) is 2.28. The van der Waals surface area contributed by atoms with Gasteiger partial charge in [0, 0.05) is 11.1 Å². The van der Waals surface area contributed by atoms with Crippen molar-refractivity contribution in [2.75, 3.05) is 19.6 Å². The van der Waals surface area contributed by atoms with Crippen molar-refractivity contribution in [3.05, 3.63) is 48.5 Å². The van der Waals surface area contributed by atoms with Crippen LogP contribution in [0.25, 0.3) is 22.5 Å². The third-order valence-electron chi connectivity index (χ3n) is 3.54. The first-order valence-electron chi connectivity index (χ1n) is 7.25. The van der Waals surface area contributed by atoms with Crippen LogP contribution in [0.15, 0.2) is 48.5 Å². The maximum absolute atomic E-state index is 5.42. The van der Waals surface area contributed by atoms with Gasteiger partial charge in [0.05, 0.1) is 14.2 Å². The van der Waals surface area contributed by atoms with Gasteiger partial charge in [0.2, 0.25) is 0 Å². The zero-order valence-corrected chi connectivity index (χ0v) is 13.4. The summed E-state index contributed by atoms with van der Waals surface area (Å²) in [5.41, 5.74) is 5.52. The molecular weight excluding hydrogens is 306 g/mol. The minimum atomic E-state index is 0.248. The molecule has 7 nitrogen and oxygen atoms in total. The molecule has 7 heteroatoms. The van der Waals surface area contributed by atoms with Crippen molar-refractivity contribution in [1.29, 1.82) is 0 Å². The van der Waals surface area contributed by atoms with E-state index in [1.807, 2.05) is 48.5 Å². The van der Waals surface area contributed by atoms with Gasteiger partial charge in [-0.25, -0.2) is 10.8 Å². The molecule has 122 valence electrons. The SMILES string of the molecule is COc1ccc(-c2nnc(NN)nc2-c2ccc(OC)cc2)cc1. The summed E-state index contributed by atoms with van der Waals surface area (Å²) in [7, 11) is 3.25. The average molecular weight is 323 g/mol. The van der Waals surface area contributed by atoms with Gasteiger partial charge in [0.15, 0.2) is 0 Å². The highest BCUT2D eigenvalue weighted by Crippen LogP contribution is 2.30. The highest BCUT2D eigenvalue weighted by Gasteiger charge is 2.13. The Balaban J connectivity index is 2.10.